The van der Waals surface area contributed by atoms with Crippen LogP contribution in [0.4, 0.5) is 13.2 Å². The van der Waals surface area contributed by atoms with Crippen molar-refractivity contribution in [2.24, 2.45) is 0 Å². The first-order valence-electron chi connectivity index (χ1n) is 3.26. The monoisotopic (exact) mass is 211 g/mol. The van der Waals surface area contributed by atoms with Gasteiger partial charge in [0, 0.05) is 12.1 Å². The van der Waals surface area contributed by atoms with Crippen molar-refractivity contribution in [3.8, 4) is 5.75 Å². The van der Waals surface area contributed by atoms with Gasteiger partial charge in [-0.2, -0.15) is 13.2 Å². The topological polar surface area (TPSA) is 33.1 Å². The third-order valence-electron chi connectivity index (χ3n) is 1.35. The maximum absolute atomic E-state index is 12.0. The van der Waals surface area contributed by atoms with Gasteiger partial charge in [-0.25, -0.2) is 4.98 Å². The molecule has 0 fully saturated rings. The highest BCUT2D eigenvalue weighted by Crippen LogP contribution is 2.34. The summed E-state index contributed by atoms with van der Waals surface area (Å²) in [5.41, 5.74) is -0.950. The molecule has 0 aromatic carbocycles. The normalized spacial score (nSPS) is 11.7. The molecule has 13 heavy (non-hydrogen) atoms. The number of alkyl halides is 4. The third kappa shape index (κ3) is 2.24. The smallest absolute Gasteiger partial charge is 0.437 e. The molecule has 1 heterocycles. The van der Waals surface area contributed by atoms with E-state index in [1.807, 2.05) is 0 Å². The highest BCUT2D eigenvalue weighted by atomic mass is 35.5. The molecule has 0 unspecified atom stereocenters. The number of aromatic hydroxyl groups is 1. The van der Waals surface area contributed by atoms with E-state index < -0.39 is 17.6 Å². The first-order chi connectivity index (χ1) is 5.95. The third-order valence-corrected chi connectivity index (χ3v) is 1.66. The van der Waals surface area contributed by atoms with Crippen LogP contribution in [0.1, 0.15) is 11.3 Å². The average molecular weight is 212 g/mol. The van der Waals surface area contributed by atoms with Crippen LogP contribution in [0.25, 0.3) is 0 Å². The summed E-state index contributed by atoms with van der Waals surface area (Å²) in [7, 11) is 0. The van der Waals surface area contributed by atoms with Gasteiger partial charge in [-0.1, -0.05) is 0 Å². The molecule has 0 aliphatic carbocycles. The van der Waals surface area contributed by atoms with Crippen LogP contribution in [0.3, 0.4) is 0 Å². The van der Waals surface area contributed by atoms with E-state index in [1.54, 1.807) is 0 Å². The van der Waals surface area contributed by atoms with Crippen LogP contribution in [0.5, 0.6) is 5.75 Å². The number of halogens is 4. The lowest BCUT2D eigenvalue weighted by molar-refractivity contribution is -0.142. The number of hydrogen-bond donors (Lipinski definition) is 1. The predicted molar refractivity (Wildman–Crippen MR) is 40.5 cm³/mol. The van der Waals surface area contributed by atoms with Crippen molar-refractivity contribution in [1.82, 2.24) is 4.98 Å². The Kier molecular flexibility index (Phi) is 2.66. The van der Waals surface area contributed by atoms with Gasteiger partial charge in [0.2, 0.25) is 0 Å². The van der Waals surface area contributed by atoms with Gasteiger partial charge in [0.05, 0.1) is 0 Å². The summed E-state index contributed by atoms with van der Waals surface area (Å²) in [6.07, 6.45) is -3.65. The van der Waals surface area contributed by atoms with Gasteiger partial charge < -0.3 is 5.11 Å². The van der Waals surface area contributed by atoms with E-state index in [4.69, 9.17) is 16.7 Å². The van der Waals surface area contributed by atoms with Crippen LogP contribution >= 0.6 is 11.6 Å². The molecule has 1 N–H and O–H groups in total. The maximum atomic E-state index is 12.0. The Morgan fingerprint density at radius 1 is 1.46 bits per heavy atom. The first-order valence-corrected chi connectivity index (χ1v) is 3.79. The Hall–Kier alpha value is -0.970. The van der Waals surface area contributed by atoms with E-state index in [2.05, 4.69) is 4.98 Å². The predicted octanol–water partition coefficient (Wildman–Crippen LogP) is 2.54. The van der Waals surface area contributed by atoms with Gasteiger partial charge in [-0.3, -0.25) is 0 Å². The van der Waals surface area contributed by atoms with Crippen molar-refractivity contribution in [3.63, 3.8) is 0 Å². The molecule has 0 atom stereocenters. The lowest BCUT2D eigenvalue weighted by Gasteiger charge is -2.07. The van der Waals surface area contributed by atoms with Gasteiger partial charge >= 0.3 is 6.18 Å². The zero-order chi connectivity index (χ0) is 10.1. The second kappa shape index (κ2) is 3.41. The summed E-state index contributed by atoms with van der Waals surface area (Å²) < 4.78 is 36.1. The van der Waals surface area contributed by atoms with E-state index in [1.165, 1.54) is 0 Å². The minimum Gasteiger partial charge on any atom is -0.506 e. The van der Waals surface area contributed by atoms with Gasteiger partial charge in [-0.05, 0) is 11.6 Å². The molecule has 1 aromatic heterocycles. The van der Waals surface area contributed by atoms with Crippen LogP contribution in [-0.2, 0) is 12.1 Å². The fourth-order valence-electron chi connectivity index (χ4n) is 0.786. The zero-order valence-corrected chi connectivity index (χ0v) is 7.02. The van der Waals surface area contributed by atoms with Gasteiger partial charge in [0.15, 0.2) is 5.69 Å². The van der Waals surface area contributed by atoms with Gasteiger partial charge in [0.1, 0.15) is 5.75 Å². The number of pyridine rings is 1. The van der Waals surface area contributed by atoms with E-state index in [-0.39, 0.29) is 5.88 Å². The second-order valence-electron chi connectivity index (χ2n) is 2.34. The molecule has 0 radical (unpaired) electrons. The standard InChI is InChI=1S/C7H5ClF3NO/c8-2-4-1-5(13)6(12-3-4)7(9,10)11/h1,3,13H,2H2. The maximum Gasteiger partial charge on any atom is 0.437 e. The van der Waals surface area contributed by atoms with E-state index in [0.717, 1.165) is 12.3 Å². The first kappa shape index (κ1) is 10.1. The fraction of sp³-hybridized carbons (Fsp3) is 0.286. The second-order valence-corrected chi connectivity index (χ2v) is 2.61. The molecule has 0 saturated carbocycles. The number of rotatable bonds is 1. The lowest BCUT2D eigenvalue weighted by atomic mass is 10.2. The van der Waals surface area contributed by atoms with Crippen LogP contribution in [0.2, 0.25) is 0 Å². The molecule has 0 aliphatic heterocycles. The molecule has 0 aliphatic rings. The lowest BCUT2D eigenvalue weighted by Crippen LogP contribution is -2.08. The van der Waals surface area contributed by atoms with Gasteiger partial charge in [0.25, 0.3) is 0 Å². The van der Waals surface area contributed by atoms with Crippen LogP contribution in [0.15, 0.2) is 12.3 Å². The van der Waals surface area contributed by atoms with E-state index in [9.17, 15) is 13.2 Å². The highest BCUT2D eigenvalue weighted by molar-refractivity contribution is 6.17. The van der Waals surface area contributed by atoms with Crippen molar-refractivity contribution in [2.45, 2.75) is 12.1 Å². The van der Waals surface area contributed by atoms with Crippen LogP contribution < -0.4 is 0 Å². The molecule has 0 saturated heterocycles. The Bertz CT molecular complexity index is 313. The molecule has 6 heteroatoms. The van der Waals surface area contributed by atoms with Gasteiger partial charge in [-0.15, -0.1) is 11.6 Å². The zero-order valence-electron chi connectivity index (χ0n) is 6.27. The van der Waals surface area contributed by atoms with Crippen LogP contribution in [-0.4, -0.2) is 10.1 Å². The molecular formula is C7H5ClF3NO. The molecular weight excluding hydrogens is 207 g/mol. The minimum atomic E-state index is -4.63. The van der Waals surface area contributed by atoms with Crippen LogP contribution in [0, 0.1) is 0 Å². The Balaban J connectivity index is 3.13. The summed E-state index contributed by atoms with van der Waals surface area (Å²) in [5.74, 6) is -0.885. The fourth-order valence-corrected chi connectivity index (χ4v) is 0.932. The van der Waals surface area contributed by atoms with Crippen molar-refractivity contribution in [2.75, 3.05) is 0 Å². The highest BCUT2D eigenvalue weighted by Gasteiger charge is 2.35. The van der Waals surface area contributed by atoms with Crippen molar-refractivity contribution in [3.05, 3.63) is 23.5 Å². The number of nitrogens with zero attached hydrogens (tertiary/aromatic N) is 1. The molecule has 0 amide bonds. The molecule has 72 valence electrons. The number of hydrogen-bond acceptors (Lipinski definition) is 2. The molecule has 1 aromatic rings. The molecule has 0 spiro atoms. The molecule has 0 bridgehead atoms. The average Bonchev–Trinajstić information content (AvgIpc) is 2.01. The quantitative estimate of drug-likeness (QED) is 0.725. The molecule has 2 nitrogen and oxygen atoms in total. The summed E-state index contributed by atoms with van der Waals surface area (Å²) in [5, 5.41) is 8.92. The Morgan fingerprint density at radius 3 is 2.46 bits per heavy atom. The Morgan fingerprint density at radius 2 is 2.08 bits per heavy atom. The largest absolute Gasteiger partial charge is 0.506 e. The molecule has 1 rings (SSSR count). The van der Waals surface area contributed by atoms with E-state index in [0.29, 0.717) is 5.56 Å². The Labute approximate surface area is 77.0 Å². The minimum absolute atomic E-state index is 0.0126. The summed E-state index contributed by atoms with van der Waals surface area (Å²) >= 11 is 5.33. The summed E-state index contributed by atoms with van der Waals surface area (Å²) in [6, 6.07) is 0.947. The number of aromatic nitrogens is 1. The van der Waals surface area contributed by atoms with Crippen molar-refractivity contribution in [1.29, 1.82) is 0 Å². The van der Waals surface area contributed by atoms with E-state index >= 15 is 0 Å². The summed E-state index contributed by atoms with van der Waals surface area (Å²) in [4.78, 5) is 3.06. The van der Waals surface area contributed by atoms with Crippen molar-refractivity contribution >= 4 is 11.6 Å². The van der Waals surface area contributed by atoms with Crippen molar-refractivity contribution < 1.29 is 18.3 Å². The SMILES string of the molecule is Oc1cc(CCl)cnc1C(F)(F)F. The summed E-state index contributed by atoms with van der Waals surface area (Å²) in [6.45, 7) is 0.